The fraction of sp³-hybridized carbons (Fsp3) is 0.455. The van der Waals surface area contributed by atoms with E-state index in [-0.39, 0.29) is 11.8 Å². The van der Waals surface area contributed by atoms with Crippen LogP contribution >= 0.6 is 11.8 Å². The second-order valence-corrected chi connectivity index (χ2v) is 4.39. The monoisotopic (exact) mass is 280 g/mol. The maximum atomic E-state index is 12.0. The molecule has 1 fully saturated rings. The molecule has 100 valence electrons. The van der Waals surface area contributed by atoms with Crippen molar-refractivity contribution in [3.63, 3.8) is 0 Å². The summed E-state index contributed by atoms with van der Waals surface area (Å²) in [6, 6.07) is 5.73. The van der Waals surface area contributed by atoms with Crippen molar-refractivity contribution in [3.05, 3.63) is 29.8 Å². The van der Waals surface area contributed by atoms with Crippen LogP contribution in [0.2, 0.25) is 0 Å². The molecule has 0 aromatic heterocycles. The van der Waals surface area contributed by atoms with Gasteiger partial charge in [0.2, 0.25) is 0 Å². The van der Waals surface area contributed by atoms with Gasteiger partial charge in [-0.3, -0.25) is 0 Å². The Bertz CT molecular complexity index is 396. The Morgan fingerprint density at radius 3 is 2.50 bits per heavy atom. The van der Waals surface area contributed by atoms with Gasteiger partial charge in [0.05, 0.1) is 6.04 Å². The van der Waals surface area contributed by atoms with Crippen molar-refractivity contribution in [2.45, 2.75) is 12.4 Å². The number of alkyl halides is 3. The third-order valence-corrected chi connectivity index (χ3v) is 3.08. The summed E-state index contributed by atoms with van der Waals surface area (Å²) in [4.78, 5) is 0. The van der Waals surface area contributed by atoms with Crippen LogP contribution < -0.4 is 10.1 Å². The van der Waals surface area contributed by atoms with E-state index in [0.29, 0.717) is 13.1 Å². The van der Waals surface area contributed by atoms with E-state index in [1.54, 1.807) is 16.6 Å². The summed E-state index contributed by atoms with van der Waals surface area (Å²) in [5, 5.41) is 3.18. The molecule has 0 aliphatic carbocycles. The second-order valence-electron chi connectivity index (χ2n) is 3.96. The minimum atomic E-state index is -4.66. The van der Waals surface area contributed by atoms with E-state index in [1.165, 1.54) is 12.1 Å². The predicted octanol–water partition coefficient (Wildman–Crippen LogP) is 2.69. The molecule has 0 saturated carbocycles. The first-order valence-electron chi connectivity index (χ1n) is 5.44. The summed E-state index contributed by atoms with van der Waals surface area (Å²) in [6.07, 6.45) is -4.66. The Labute approximate surface area is 108 Å². The number of benzene rings is 1. The van der Waals surface area contributed by atoms with Crippen LogP contribution in [0, 0.1) is 0 Å². The van der Waals surface area contributed by atoms with E-state index in [1.807, 2.05) is 0 Å². The number of piperazine rings is 1. The summed E-state index contributed by atoms with van der Waals surface area (Å²) < 4.78 is 41.4. The molecule has 7 heteroatoms. The normalized spacial score (nSPS) is 21.9. The van der Waals surface area contributed by atoms with Crippen LogP contribution in [0.1, 0.15) is 11.6 Å². The lowest BCUT2D eigenvalue weighted by atomic mass is 10.1. The zero-order valence-electron chi connectivity index (χ0n) is 9.38. The zero-order chi connectivity index (χ0) is 13.2. The first-order chi connectivity index (χ1) is 8.46. The molecule has 1 aromatic rings. The molecule has 0 amide bonds. The van der Waals surface area contributed by atoms with Gasteiger partial charge in [0.25, 0.3) is 0 Å². The molecule has 0 radical (unpaired) electrons. The van der Waals surface area contributed by atoms with Gasteiger partial charge < -0.3 is 10.1 Å². The van der Waals surface area contributed by atoms with Gasteiger partial charge in [-0.05, 0) is 29.5 Å². The molecule has 1 saturated heterocycles. The molecule has 0 bridgehead atoms. The Morgan fingerprint density at radius 2 is 1.94 bits per heavy atom. The van der Waals surface area contributed by atoms with Gasteiger partial charge in [0.1, 0.15) is 5.75 Å². The summed E-state index contributed by atoms with van der Waals surface area (Å²) in [7, 11) is 0. The lowest BCUT2D eigenvalue weighted by Crippen LogP contribution is -2.41. The highest BCUT2D eigenvalue weighted by atomic mass is 35.5. The highest BCUT2D eigenvalue weighted by Crippen LogP contribution is 2.27. The van der Waals surface area contributed by atoms with Crippen molar-refractivity contribution >= 4 is 11.8 Å². The first-order valence-corrected chi connectivity index (χ1v) is 5.78. The molecular weight excluding hydrogens is 269 g/mol. The molecule has 1 N–H and O–H groups in total. The van der Waals surface area contributed by atoms with Gasteiger partial charge in [-0.15, -0.1) is 13.2 Å². The van der Waals surface area contributed by atoms with Crippen molar-refractivity contribution in [3.8, 4) is 5.75 Å². The first kappa shape index (κ1) is 13.5. The summed E-state index contributed by atoms with van der Waals surface area (Å²) in [5.41, 5.74) is 0.853. The fourth-order valence-electron chi connectivity index (χ4n) is 1.85. The van der Waals surface area contributed by atoms with Crippen LogP contribution in [0.25, 0.3) is 0 Å². The lowest BCUT2D eigenvalue weighted by Gasteiger charge is -2.30. The molecule has 1 aliphatic heterocycles. The van der Waals surface area contributed by atoms with Crippen LogP contribution in [-0.2, 0) is 0 Å². The summed E-state index contributed by atoms with van der Waals surface area (Å²) >= 11 is 6.05. The number of rotatable bonds is 2. The number of hydrogen-bond acceptors (Lipinski definition) is 3. The highest BCUT2D eigenvalue weighted by Gasteiger charge is 2.31. The van der Waals surface area contributed by atoms with Gasteiger partial charge in [-0.25, -0.2) is 4.42 Å². The molecule has 3 nitrogen and oxygen atoms in total. The van der Waals surface area contributed by atoms with Crippen molar-refractivity contribution in [2.24, 2.45) is 0 Å². The van der Waals surface area contributed by atoms with Crippen molar-refractivity contribution in [1.82, 2.24) is 9.74 Å². The zero-order valence-corrected chi connectivity index (χ0v) is 10.1. The number of nitrogens with zero attached hydrogens (tertiary/aromatic N) is 1. The van der Waals surface area contributed by atoms with Gasteiger partial charge in [-0.2, -0.15) is 0 Å². The molecule has 1 aromatic carbocycles. The van der Waals surface area contributed by atoms with E-state index < -0.39 is 6.36 Å². The Balaban J connectivity index is 2.07. The highest BCUT2D eigenvalue weighted by molar-refractivity contribution is 6.13. The standard InChI is InChI=1S/C11H12ClF3N2O/c12-17-6-5-16-7-10(17)8-1-3-9(4-2-8)18-11(13,14)15/h1-4,10,16H,5-7H2. The smallest absolute Gasteiger partial charge is 0.406 e. The Morgan fingerprint density at radius 1 is 1.28 bits per heavy atom. The molecule has 0 spiro atoms. The van der Waals surface area contributed by atoms with E-state index in [9.17, 15) is 13.2 Å². The molecule has 2 rings (SSSR count). The van der Waals surface area contributed by atoms with Crippen LogP contribution in [0.15, 0.2) is 24.3 Å². The topological polar surface area (TPSA) is 24.5 Å². The van der Waals surface area contributed by atoms with Crippen molar-refractivity contribution in [1.29, 1.82) is 0 Å². The third-order valence-electron chi connectivity index (χ3n) is 2.68. The molecule has 1 atom stereocenters. The Kier molecular flexibility index (Phi) is 3.99. The second kappa shape index (κ2) is 5.34. The predicted molar refractivity (Wildman–Crippen MR) is 61.3 cm³/mol. The van der Waals surface area contributed by atoms with Crippen LogP contribution in [0.5, 0.6) is 5.75 Å². The van der Waals surface area contributed by atoms with Gasteiger partial charge >= 0.3 is 6.36 Å². The van der Waals surface area contributed by atoms with Crippen LogP contribution in [0.3, 0.4) is 0 Å². The average Bonchev–Trinajstić information content (AvgIpc) is 2.29. The van der Waals surface area contributed by atoms with Gasteiger partial charge in [0.15, 0.2) is 0 Å². The Hall–Kier alpha value is -0.980. The third kappa shape index (κ3) is 3.51. The molecule has 1 unspecified atom stereocenters. The molecule has 1 heterocycles. The van der Waals surface area contributed by atoms with E-state index >= 15 is 0 Å². The van der Waals surface area contributed by atoms with Crippen LogP contribution in [0.4, 0.5) is 13.2 Å². The number of halogens is 4. The number of ether oxygens (including phenoxy) is 1. The molecule has 1 aliphatic rings. The van der Waals surface area contributed by atoms with E-state index in [0.717, 1.165) is 12.1 Å². The quantitative estimate of drug-likeness (QED) is 0.843. The molecular formula is C11H12ClF3N2O. The maximum absolute atomic E-state index is 12.0. The number of nitrogens with one attached hydrogen (secondary N) is 1. The largest absolute Gasteiger partial charge is 0.573 e. The maximum Gasteiger partial charge on any atom is 0.573 e. The minimum Gasteiger partial charge on any atom is -0.406 e. The van der Waals surface area contributed by atoms with Gasteiger partial charge in [0, 0.05) is 19.6 Å². The number of hydrogen-bond donors (Lipinski definition) is 1. The summed E-state index contributed by atoms with van der Waals surface area (Å²) in [5.74, 6) is -0.226. The van der Waals surface area contributed by atoms with Crippen molar-refractivity contribution in [2.75, 3.05) is 19.6 Å². The SMILES string of the molecule is FC(F)(F)Oc1ccc(C2CNCCN2Cl)cc1. The van der Waals surface area contributed by atoms with Gasteiger partial charge in [-0.1, -0.05) is 12.1 Å². The average molecular weight is 281 g/mol. The van der Waals surface area contributed by atoms with E-state index in [4.69, 9.17) is 11.8 Å². The minimum absolute atomic E-state index is 0.0413. The van der Waals surface area contributed by atoms with E-state index in [2.05, 4.69) is 10.1 Å². The molecule has 18 heavy (non-hydrogen) atoms. The summed E-state index contributed by atoms with van der Waals surface area (Å²) in [6.45, 7) is 2.16. The van der Waals surface area contributed by atoms with Crippen molar-refractivity contribution < 1.29 is 17.9 Å². The van der Waals surface area contributed by atoms with Crippen LogP contribution in [-0.4, -0.2) is 30.4 Å². The lowest BCUT2D eigenvalue weighted by molar-refractivity contribution is -0.274. The fourth-order valence-corrected chi connectivity index (χ4v) is 2.12.